The molecule has 0 saturated carbocycles. The number of hydrogen-bond donors (Lipinski definition) is 1. The van der Waals surface area contributed by atoms with E-state index in [9.17, 15) is 18.4 Å². The van der Waals surface area contributed by atoms with Crippen LogP contribution in [0.25, 0.3) is 10.6 Å². The fourth-order valence-electron chi connectivity index (χ4n) is 2.76. The monoisotopic (exact) mass is 462 g/mol. The van der Waals surface area contributed by atoms with E-state index in [-0.39, 0.29) is 12.1 Å². The number of halogens is 2. The number of ether oxygens (including phenoxy) is 3. The SMILES string of the molecule is COc1ccc(-c2nc(CC(=O)OC(C)C(=O)Nc3ccc(F)cc3F)cs2)cc1OC. The van der Waals surface area contributed by atoms with Gasteiger partial charge in [-0.1, -0.05) is 0 Å². The van der Waals surface area contributed by atoms with Crippen molar-refractivity contribution in [2.45, 2.75) is 19.4 Å². The smallest absolute Gasteiger partial charge is 0.312 e. The Morgan fingerprint density at radius 1 is 1.09 bits per heavy atom. The lowest BCUT2D eigenvalue weighted by molar-refractivity contribution is -0.152. The third-order valence-corrected chi connectivity index (χ3v) is 5.31. The Balaban J connectivity index is 1.59. The molecule has 0 fully saturated rings. The highest BCUT2D eigenvalue weighted by Gasteiger charge is 2.20. The summed E-state index contributed by atoms with van der Waals surface area (Å²) in [6.07, 6.45) is -1.33. The van der Waals surface area contributed by atoms with E-state index in [2.05, 4.69) is 10.3 Å². The number of hydrogen-bond acceptors (Lipinski definition) is 7. The number of rotatable bonds is 8. The van der Waals surface area contributed by atoms with Gasteiger partial charge in [0.1, 0.15) is 16.6 Å². The molecule has 1 atom stereocenters. The first kappa shape index (κ1) is 23.1. The van der Waals surface area contributed by atoms with Crippen LogP contribution >= 0.6 is 11.3 Å². The summed E-state index contributed by atoms with van der Waals surface area (Å²) in [5.41, 5.74) is 1.06. The van der Waals surface area contributed by atoms with Crippen LogP contribution < -0.4 is 14.8 Å². The first-order valence-corrected chi connectivity index (χ1v) is 10.3. The Hall–Kier alpha value is -3.53. The number of methoxy groups -OCH3 is 2. The maximum atomic E-state index is 13.7. The molecule has 0 bridgehead atoms. The molecule has 32 heavy (non-hydrogen) atoms. The normalized spacial score (nSPS) is 11.5. The first-order valence-electron chi connectivity index (χ1n) is 9.43. The van der Waals surface area contributed by atoms with Crippen LogP contribution in [0.4, 0.5) is 14.5 Å². The molecule has 0 spiro atoms. The van der Waals surface area contributed by atoms with Gasteiger partial charge in [-0.3, -0.25) is 9.59 Å². The summed E-state index contributed by atoms with van der Waals surface area (Å²) in [7, 11) is 3.08. The van der Waals surface area contributed by atoms with Crippen LogP contribution in [0.5, 0.6) is 11.5 Å². The van der Waals surface area contributed by atoms with E-state index in [1.165, 1.54) is 25.4 Å². The third-order valence-electron chi connectivity index (χ3n) is 4.37. The Kier molecular flexibility index (Phi) is 7.37. The van der Waals surface area contributed by atoms with E-state index in [1.807, 2.05) is 6.07 Å². The molecule has 0 radical (unpaired) electrons. The molecular weight excluding hydrogens is 442 g/mol. The number of esters is 1. The molecule has 0 aliphatic rings. The van der Waals surface area contributed by atoms with E-state index in [4.69, 9.17) is 14.2 Å². The molecule has 7 nitrogen and oxygen atoms in total. The van der Waals surface area contributed by atoms with Crippen molar-refractivity contribution >= 4 is 28.9 Å². The molecule has 1 N–H and O–H groups in total. The van der Waals surface area contributed by atoms with Gasteiger partial charge in [0.25, 0.3) is 5.91 Å². The fourth-order valence-corrected chi connectivity index (χ4v) is 3.57. The zero-order chi connectivity index (χ0) is 23.3. The van der Waals surface area contributed by atoms with Gasteiger partial charge in [-0.15, -0.1) is 11.3 Å². The van der Waals surface area contributed by atoms with Crippen LogP contribution in [0, 0.1) is 11.6 Å². The van der Waals surface area contributed by atoms with Crippen LogP contribution in [0.3, 0.4) is 0 Å². The minimum atomic E-state index is -1.18. The summed E-state index contributed by atoms with van der Waals surface area (Å²) in [6.45, 7) is 1.35. The van der Waals surface area contributed by atoms with E-state index in [0.717, 1.165) is 17.7 Å². The van der Waals surface area contributed by atoms with Gasteiger partial charge in [0, 0.05) is 17.0 Å². The van der Waals surface area contributed by atoms with E-state index in [0.29, 0.717) is 28.3 Å². The molecule has 3 rings (SSSR count). The molecule has 2 aromatic carbocycles. The van der Waals surface area contributed by atoms with Gasteiger partial charge in [0.05, 0.1) is 32.0 Å². The fraction of sp³-hybridized carbons (Fsp3) is 0.227. The van der Waals surface area contributed by atoms with Crippen LogP contribution in [0.1, 0.15) is 12.6 Å². The highest BCUT2D eigenvalue weighted by atomic mass is 32.1. The number of benzene rings is 2. The molecule has 1 heterocycles. The molecule has 1 unspecified atom stereocenters. The van der Waals surface area contributed by atoms with Crippen molar-refractivity contribution in [3.05, 3.63) is 59.1 Å². The molecule has 0 aliphatic carbocycles. The predicted octanol–water partition coefficient (Wildman–Crippen LogP) is 4.22. The third kappa shape index (κ3) is 5.58. The summed E-state index contributed by atoms with van der Waals surface area (Å²) in [4.78, 5) is 28.8. The number of amides is 1. The van der Waals surface area contributed by atoms with Crippen LogP contribution in [0.2, 0.25) is 0 Å². The number of anilines is 1. The molecule has 1 aromatic heterocycles. The highest BCUT2D eigenvalue weighted by molar-refractivity contribution is 7.13. The number of nitrogens with one attached hydrogen (secondary N) is 1. The standard InChI is InChI=1S/C22H20F2N2O5S/c1-12(21(28)26-17-6-5-14(23)9-16(17)24)31-20(27)10-15-11-32-22(25-15)13-4-7-18(29-2)19(8-13)30-3/h4-9,11-12H,10H2,1-3H3,(H,26,28). The van der Waals surface area contributed by atoms with Crippen molar-refractivity contribution in [2.24, 2.45) is 0 Å². The lowest BCUT2D eigenvalue weighted by Crippen LogP contribution is -2.30. The zero-order valence-electron chi connectivity index (χ0n) is 17.5. The molecule has 1 amide bonds. The molecular formula is C22H20F2N2O5S. The Bertz CT molecular complexity index is 1140. The van der Waals surface area contributed by atoms with Crippen molar-refractivity contribution in [3.63, 3.8) is 0 Å². The van der Waals surface area contributed by atoms with Crippen molar-refractivity contribution in [1.82, 2.24) is 4.98 Å². The average Bonchev–Trinajstić information content (AvgIpc) is 3.23. The summed E-state index contributed by atoms with van der Waals surface area (Å²) in [6, 6.07) is 8.10. The number of nitrogens with zero attached hydrogens (tertiary/aromatic N) is 1. The topological polar surface area (TPSA) is 86.8 Å². The maximum absolute atomic E-state index is 13.7. The van der Waals surface area contributed by atoms with Crippen molar-refractivity contribution in [1.29, 1.82) is 0 Å². The zero-order valence-corrected chi connectivity index (χ0v) is 18.3. The van der Waals surface area contributed by atoms with E-state index < -0.39 is 29.6 Å². The quantitative estimate of drug-likeness (QED) is 0.505. The minimum absolute atomic E-state index is 0.147. The number of thiazole rings is 1. The van der Waals surface area contributed by atoms with Gasteiger partial charge in [0.15, 0.2) is 17.6 Å². The number of carbonyl (C=O) groups excluding carboxylic acids is 2. The second-order valence-electron chi connectivity index (χ2n) is 6.64. The van der Waals surface area contributed by atoms with Gasteiger partial charge >= 0.3 is 5.97 Å². The van der Waals surface area contributed by atoms with Crippen molar-refractivity contribution < 1.29 is 32.6 Å². The Morgan fingerprint density at radius 3 is 2.53 bits per heavy atom. The molecule has 168 valence electrons. The van der Waals surface area contributed by atoms with Gasteiger partial charge in [0.2, 0.25) is 0 Å². The highest BCUT2D eigenvalue weighted by Crippen LogP contribution is 2.33. The maximum Gasteiger partial charge on any atom is 0.312 e. The van der Waals surface area contributed by atoms with Crippen molar-refractivity contribution in [2.75, 3.05) is 19.5 Å². The molecule has 0 aliphatic heterocycles. The first-order chi connectivity index (χ1) is 15.3. The van der Waals surface area contributed by atoms with E-state index >= 15 is 0 Å². The lowest BCUT2D eigenvalue weighted by Gasteiger charge is -2.13. The largest absolute Gasteiger partial charge is 0.493 e. The van der Waals surface area contributed by atoms with Crippen LogP contribution in [-0.2, 0) is 20.7 Å². The number of carbonyl (C=O) groups is 2. The summed E-state index contributed by atoms with van der Waals surface area (Å²) in [5, 5.41) is 4.65. The Labute approximate surface area is 187 Å². The molecule has 10 heteroatoms. The lowest BCUT2D eigenvalue weighted by atomic mass is 10.2. The minimum Gasteiger partial charge on any atom is -0.493 e. The van der Waals surface area contributed by atoms with Gasteiger partial charge in [-0.2, -0.15) is 0 Å². The average molecular weight is 462 g/mol. The Morgan fingerprint density at radius 2 is 1.84 bits per heavy atom. The summed E-state index contributed by atoms with van der Waals surface area (Å²) < 4.78 is 42.3. The van der Waals surface area contributed by atoms with E-state index in [1.54, 1.807) is 24.6 Å². The van der Waals surface area contributed by atoms with Gasteiger partial charge < -0.3 is 19.5 Å². The van der Waals surface area contributed by atoms with Gasteiger partial charge in [-0.05, 0) is 37.3 Å². The second kappa shape index (κ2) is 10.2. The summed E-state index contributed by atoms with van der Waals surface area (Å²) >= 11 is 1.34. The molecule has 0 saturated heterocycles. The number of aromatic nitrogens is 1. The predicted molar refractivity (Wildman–Crippen MR) is 115 cm³/mol. The summed E-state index contributed by atoms with van der Waals surface area (Å²) in [5.74, 6) is -1.97. The molecule has 3 aromatic rings. The van der Waals surface area contributed by atoms with Crippen molar-refractivity contribution in [3.8, 4) is 22.1 Å². The van der Waals surface area contributed by atoms with Gasteiger partial charge in [-0.25, -0.2) is 13.8 Å². The van der Waals surface area contributed by atoms with Crippen LogP contribution in [-0.4, -0.2) is 37.2 Å². The second-order valence-corrected chi connectivity index (χ2v) is 7.49. The van der Waals surface area contributed by atoms with Crippen LogP contribution in [0.15, 0.2) is 41.8 Å².